The van der Waals surface area contributed by atoms with Gasteiger partial charge in [0.1, 0.15) is 0 Å². The van der Waals surface area contributed by atoms with Crippen LogP contribution in [0.25, 0.3) is 0 Å². The molecular formula is C14H30N2O. The van der Waals surface area contributed by atoms with Gasteiger partial charge < -0.3 is 15.4 Å². The van der Waals surface area contributed by atoms with Gasteiger partial charge in [0.05, 0.1) is 6.10 Å². The molecule has 1 aliphatic heterocycles. The van der Waals surface area contributed by atoms with E-state index in [-0.39, 0.29) is 0 Å². The molecule has 3 nitrogen and oxygen atoms in total. The molecular weight excluding hydrogens is 212 g/mol. The summed E-state index contributed by atoms with van der Waals surface area (Å²) in [6, 6.07) is 0. The first-order valence-corrected chi connectivity index (χ1v) is 7.06. The normalized spacial score (nSPS) is 27.4. The summed E-state index contributed by atoms with van der Waals surface area (Å²) < 4.78 is 5.58. The summed E-state index contributed by atoms with van der Waals surface area (Å²) in [7, 11) is 1.83. The third-order valence-electron chi connectivity index (χ3n) is 4.77. The van der Waals surface area contributed by atoms with Gasteiger partial charge in [0.2, 0.25) is 0 Å². The van der Waals surface area contributed by atoms with Gasteiger partial charge in [-0.25, -0.2) is 0 Å². The molecule has 3 heteroatoms. The van der Waals surface area contributed by atoms with Crippen molar-refractivity contribution in [1.29, 1.82) is 0 Å². The van der Waals surface area contributed by atoms with Crippen LogP contribution in [0.15, 0.2) is 0 Å². The van der Waals surface area contributed by atoms with Crippen LogP contribution < -0.4 is 5.73 Å². The minimum Gasteiger partial charge on any atom is -0.380 e. The van der Waals surface area contributed by atoms with E-state index in [2.05, 4.69) is 25.7 Å². The Morgan fingerprint density at radius 2 is 2.00 bits per heavy atom. The predicted octanol–water partition coefficient (Wildman–Crippen LogP) is 2.11. The Kier molecular flexibility index (Phi) is 5.90. The number of rotatable bonds is 6. The van der Waals surface area contributed by atoms with Gasteiger partial charge in [0, 0.05) is 20.2 Å². The fraction of sp³-hybridized carbons (Fsp3) is 1.00. The van der Waals surface area contributed by atoms with Gasteiger partial charge in [-0.15, -0.1) is 0 Å². The summed E-state index contributed by atoms with van der Waals surface area (Å²) >= 11 is 0. The molecule has 1 saturated heterocycles. The summed E-state index contributed by atoms with van der Waals surface area (Å²) in [6.45, 7) is 11.0. The maximum atomic E-state index is 5.98. The molecule has 0 aromatic carbocycles. The van der Waals surface area contributed by atoms with Crippen LogP contribution in [-0.2, 0) is 4.74 Å². The monoisotopic (exact) mass is 242 g/mol. The van der Waals surface area contributed by atoms with Crippen molar-refractivity contribution in [3.63, 3.8) is 0 Å². The van der Waals surface area contributed by atoms with Crippen molar-refractivity contribution < 1.29 is 4.74 Å². The zero-order valence-electron chi connectivity index (χ0n) is 12.0. The molecule has 0 saturated carbocycles. The molecule has 1 fully saturated rings. The Morgan fingerprint density at radius 3 is 2.47 bits per heavy atom. The van der Waals surface area contributed by atoms with Crippen molar-refractivity contribution in [3.8, 4) is 0 Å². The number of nitrogens with zero attached hydrogens (tertiary/aromatic N) is 1. The summed E-state index contributed by atoms with van der Waals surface area (Å²) in [5.74, 6) is 0.687. The predicted molar refractivity (Wildman–Crippen MR) is 73.1 cm³/mol. The maximum absolute atomic E-state index is 5.98. The first-order valence-electron chi connectivity index (χ1n) is 7.06. The average molecular weight is 242 g/mol. The largest absolute Gasteiger partial charge is 0.380 e. The second-order valence-electron chi connectivity index (χ2n) is 5.69. The molecule has 2 atom stereocenters. The van der Waals surface area contributed by atoms with E-state index < -0.39 is 0 Å². The van der Waals surface area contributed by atoms with Gasteiger partial charge >= 0.3 is 0 Å². The van der Waals surface area contributed by atoms with Gasteiger partial charge in [-0.1, -0.05) is 20.8 Å². The number of hydrogen-bond donors (Lipinski definition) is 1. The first-order chi connectivity index (χ1) is 8.10. The average Bonchev–Trinajstić information content (AvgIpc) is 2.38. The van der Waals surface area contributed by atoms with Crippen LogP contribution in [0.2, 0.25) is 0 Å². The van der Waals surface area contributed by atoms with E-state index in [1.165, 1.54) is 25.8 Å². The minimum atomic E-state index is 0.304. The van der Waals surface area contributed by atoms with Crippen LogP contribution in [-0.4, -0.2) is 44.3 Å². The molecule has 1 rings (SSSR count). The van der Waals surface area contributed by atoms with E-state index in [0.717, 1.165) is 19.6 Å². The van der Waals surface area contributed by atoms with E-state index in [0.29, 0.717) is 17.4 Å². The van der Waals surface area contributed by atoms with Crippen LogP contribution in [0, 0.1) is 11.3 Å². The molecule has 1 aliphatic rings. The van der Waals surface area contributed by atoms with Gasteiger partial charge in [0.25, 0.3) is 0 Å². The third-order valence-corrected chi connectivity index (χ3v) is 4.77. The lowest BCUT2D eigenvalue weighted by molar-refractivity contribution is -0.0183. The lowest BCUT2D eigenvalue weighted by Gasteiger charge is -2.42. The Hall–Kier alpha value is -0.120. The highest BCUT2D eigenvalue weighted by Crippen LogP contribution is 2.29. The lowest BCUT2D eigenvalue weighted by Crippen LogP contribution is -2.49. The second-order valence-corrected chi connectivity index (χ2v) is 5.69. The Balaban J connectivity index is 2.56. The topological polar surface area (TPSA) is 38.5 Å². The van der Waals surface area contributed by atoms with E-state index >= 15 is 0 Å². The number of hydrogen-bond acceptors (Lipinski definition) is 3. The number of nitrogens with two attached hydrogens (primary N) is 1. The van der Waals surface area contributed by atoms with Crippen LogP contribution in [0.4, 0.5) is 0 Å². The molecule has 0 radical (unpaired) electrons. The molecule has 0 bridgehead atoms. The molecule has 0 aliphatic carbocycles. The molecule has 0 spiro atoms. The number of likely N-dealkylation sites (tertiary alicyclic amines) is 1. The van der Waals surface area contributed by atoms with Crippen molar-refractivity contribution >= 4 is 0 Å². The van der Waals surface area contributed by atoms with Gasteiger partial charge in [-0.2, -0.15) is 0 Å². The maximum Gasteiger partial charge on any atom is 0.0724 e. The SMILES string of the molecule is CCC(CC)(CN)CN1CCC(C)C(OC)C1. The third kappa shape index (κ3) is 3.67. The fourth-order valence-corrected chi connectivity index (χ4v) is 2.85. The lowest BCUT2D eigenvalue weighted by atomic mass is 9.81. The van der Waals surface area contributed by atoms with Crippen molar-refractivity contribution in [2.24, 2.45) is 17.1 Å². The van der Waals surface area contributed by atoms with E-state index in [1.807, 2.05) is 7.11 Å². The Bertz CT molecular complexity index is 208. The minimum absolute atomic E-state index is 0.304. The van der Waals surface area contributed by atoms with E-state index in [9.17, 15) is 0 Å². The number of piperidine rings is 1. The first kappa shape index (κ1) is 14.9. The molecule has 2 N–H and O–H groups in total. The Labute approximate surface area is 107 Å². The van der Waals surface area contributed by atoms with Gasteiger partial charge in [0.15, 0.2) is 0 Å². The van der Waals surface area contributed by atoms with Crippen molar-refractivity contribution in [3.05, 3.63) is 0 Å². The summed E-state index contributed by atoms with van der Waals surface area (Å²) in [5.41, 5.74) is 6.29. The quantitative estimate of drug-likeness (QED) is 0.775. The molecule has 17 heavy (non-hydrogen) atoms. The highest BCUT2D eigenvalue weighted by atomic mass is 16.5. The highest BCUT2D eigenvalue weighted by Gasteiger charge is 2.32. The molecule has 0 amide bonds. The smallest absolute Gasteiger partial charge is 0.0724 e. The molecule has 2 unspecified atom stereocenters. The van der Waals surface area contributed by atoms with Crippen molar-refractivity contribution in [1.82, 2.24) is 4.90 Å². The summed E-state index contributed by atoms with van der Waals surface area (Å²) in [4.78, 5) is 2.55. The molecule has 0 aromatic rings. The molecule has 0 aromatic heterocycles. The zero-order chi connectivity index (χ0) is 12.9. The standard InChI is InChI=1S/C14H30N2O/c1-5-14(6-2,10-15)11-16-8-7-12(3)13(9-16)17-4/h12-13H,5-11,15H2,1-4H3. The van der Waals surface area contributed by atoms with Crippen LogP contribution in [0.5, 0.6) is 0 Å². The summed E-state index contributed by atoms with van der Waals surface area (Å²) in [5, 5.41) is 0. The van der Waals surface area contributed by atoms with E-state index in [1.54, 1.807) is 0 Å². The number of methoxy groups -OCH3 is 1. The fourth-order valence-electron chi connectivity index (χ4n) is 2.85. The van der Waals surface area contributed by atoms with Crippen LogP contribution >= 0.6 is 0 Å². The number of ether oxygens (including phenoxy) is 1. The van der Waals surface area contributed by atoms with Gasteiger partial charge in [-0.05, 0) is 43.7 Å². The van der Waals surface area contributed by atoms with Gasteiger partial charge in [-0.3, -0.25) is 0 Å². The van der Waals surface area contributed by atoms with Crippen LogP contribution in [0.3, 0.4) is 0 Å². The van der Waals surface area contributed by atoms with Crippen molar-refractivity contribution in [2.45, 2.75) is 46.1 Å². The second kappa shape index (κ2) is 6.72. The summed E-state index contributed by atoms with van der Waals surface area (Å²) in [6.07, 6.45) is 3.98. The van der Waals surface area contributed by atoms with E-state index in [4.69, 9.17) is 10.5 Å². The Morgan fingerprint density at radius 1 is 1.35 bits per heavy atom. The highest BCUT2D eigenvalue weighted by molar-refractivity contribution is 4.86. The van der Waals surface area contributed by atoms with Crippen molar-refractivity contribution in [2.75, 3.05) is 33.3 Å². The zero-order valence-corrected chi connectivity index (χ0v) is 12.0. The molecule has 102 valence electrons. The molecule has 1 heterocycles. The van der Waals surface area contributed by atoms with Crippen LogP contribution in [0.1, 0.15) is 40.0 Å².